The molecule has 1 amide bonds. The molecule has 0 unspecified atom stereocenters. The third-order valence-electron chi connectivity index (χ3n) is 3.33. The Hall–Kier alpha value is -3.55. The zero-order chi connectivity index (χ0) is 16.9. The van der Waals surface area contributed by atoms with Crippen molar-refractivity contribution >= 4 is 11.6 Å². The van der Waals surface area contributed by atoms with Gasteiger partial charge >= 0.3 is 0 Å². The first-order valence-corrected chi connectivity index (χ1v) is 7.11. The summed E-state index contributed by atoms with van der Waals surface area (Å²) in [5.41, 5.74) is 5.15. The van der Waals surface area contributed by atoms with E-state index in [1.54, 1.807) is 6.92 Å². The fourth-order valence-electron chi connectivity index (χ4n) is 2.03. The zero-order valence-electron chi connectivity index (χ0n) is 12.8. The summed E-state index contributed by atoms with van der Waals surface area (Å²) < 4.78 is 1.53. The number of benzene rings is 2. The molecular weight excluding hydrogens is 308 g/mol. The maximum atomic E-state index is 12.0. The number of nitrogens with one attached hydrogen (secondary N) is 1. The first kappa shape index (κ1) is 15.3. The molecule has 0 bridgehead atoms. The highest BCUT2D eigenvalue weighted by atomic mass is 16.3. The van der Waals surface area contributed by atoms with E-state index in [1.807, 2.05) is 24.3 Å². The summed E-state index contributed by atoms with van der Waals surface area (Å²) in [5.74, 6) is -0.253. The second kappa shape index (κ2) is 6.69. The van der Waals surface area contributed by atoms with Gasteiger partial charge in [0.2, 0.25) is 0 Å². The summed E-state index contributed by atoms with van der Waals surface area (Å²) >= 11 is 0. The minimum absolute atomic E-state index is 0.102. The number of phenolic OH excluding ortho intramolecular Hbond substituents is 1. The summed E-state index contributed by atoms with van der Waals surface area (Å²) in [5, 5.41) is 24.4. The van der Waals surface area contributed by atoms with E-state index in [4.69, 9.17) is 0 Å². The molecule has 120 valence electrons. The van der Waals surface area contributed by atoms with E-state index in [2.05, 4.69) is 26.1 Å². The average molecular weight is 322 g/mol. The number of hydrazone groups is 1. The predicted molar refractivity (Wildman–Crippen MR) is 86.9 cm³/mol. The monoisotopic (exact) mass is 322 g/mol. The van der Waals surface area contributed by atoms with Gasteiger partial charge in [-0.15, -0.1) is 5.10 Å². The van der Waals surface area contributed by atoms with Crippen LogP contribution in [0.5, 0.6) is 5.75 Å². The Morgan fingerprint density at radius 1 is 1.17 bits per heavy atom. The zero-order valence-corrected chi connectivity index (χ0v) is 12.8. The van der Waals surface area contributed by atoms with Crippen LogP contribution >= 0.6 is 0 Å². The summed E-state index contributed by atoms with van der Waals surface area (Å²) in [6, 6.07) is 13.4. The van der Waals surface area contributed by atoms with E-state index in [9.17, 15) is 9.90 Å². The van der Waals surface area contributed by atoms with Crippen LogP contribution in [0.2, 0.25) is 0 Å². The van der Waals surface area contributed by atoms with Crippen LogP contribution in [-0.2, 0) is 0 Å². The van der Waals surface area contributed by atoms with Crippen molar-refractivity contribution in [2.45, 2.75) is 6.92 Å². The Morgan fingerprint density at radius 3 is 2.67 bits per heavy atom. The van der Waals surface area contributed by atoms with Crippen molar-refractivity contribution in [3.05, 3.63) is 66.0 Å². The van der Waals surface area contributed by atoms with Crippen molar-refractivity contribution < 1.29 is 9.90 Å². The normalized spacial score (nSPS) is 11.3. The van der Waals surface area contributed by atoms with Gasteiger partial charge in [-0.1, -0.05) is 12.1 Å². The fraction of sp³-hybridized carbons (Fsp3) is 0.0625. The van der Waals surface area contributed by atoms with Gasteiger partial charge in [0.05, 0.1) is 11.4 Å². The lowest BCUT2D eigenvalue weighted by Gasteiger charge is -2.05. The van der Waals surface area contributed by atoms with Crippen molar-refractivity contribution in [2.24, 2.45) is 5.10 Å². The topological polar surface area (TPSA) is 105 Å². The maximum Gasteiger partial charge on any atom is 0.271 e. The van der Waals surface area contributed by atoms with Crippen LogP contribution in [0.15, 0.2) is 60.0 Å². The number of rotatable bonds is 4. The lowest BCUT2D eigenvalue weighted by molar-refractivity contribution is 0.0955. The summed E-state index contributed by atoms with van der Waals surface area (Å²) in [4.78, 5) is 12.0. The highest BCUT2D eigenvalue weighted by molar-refractivity contribution is 6.01. The third-order valence-corrected chi connectivity index (χ3v) is 3.33. The highest BCUT2D eigenvalue weighted by Gasteiger charge is 2.06. The molecule has 8 heteroatoms. The van der Waals surface area contributed by atoms with Gasteiger partial charge in [-0.05, 0) is 59.3 Å². The molecule has 0 atom stereocenters. The van der Waals surface area contributed by atoms with Crippen LogP contribution in [0.3, 0.4) is 0 Å². The molecule has 8 nitrogen and oxygen atoms in total. The molecular formula is C16H14N6O2. The number of aromatic hydroxyl groups is 1. The Balaban J connectivity index is 1.75. The Labute approximate surface area is 137 Å². The van der Waals surface area contributed by atoms with Crippen molar-refractivity contribution in [3.63, 3.8) is 0 Å². The van der Waals surface area contributed by atoms with Crippen molar-refractivity contribution in [3.8, 4) is 11.4 Å². The van der Waals surface area contributed by atoms with Gasteiger partial charge < -0.3 is 5.11 Å². The van der Waals surface area contributed by atoms with Gasteiger partial charge in [0.15, 0.2) is 0 Å². The second-order valence-electron chi connectivity index (χ2n) is 4.99. The molecule has 0 saturated carbocycles. The SMILES string of the molecule is C/C(=N\NC(=O)c1ccc(O)cc1)c1cccc(-n2cnnn2)c1. The molecule has 3 rings (SSSR count). The first-order valence-electron chi connectivity index (χ1n) is 7.11. The fourth-order valence-corrected chi connectivity index (χ4v) is 2.03. The van der Waals surface area contributed by atoms with Crippen LogP contribution in [0.25, 0.3) is 5.69 Å². The van der Waals surface area contributed by atoms with Gasteiger partial charge in [0.1, 0.15) is 12.1 Å². The minimum Gasteiger partial charge on any atom is -0.508 e. The molecule has 0 radical (unpaired) electrons. The number of carbonyl (C=O) groups excluding carboxylic acids is 1. The van der Waals surface area contributed by atoms with Crippen molar-refractivity contribution in [1.29, 1.82) is 0 Å². The number of amides is 1. The molecule has 0 fully saturated rings. The van der Waals surface area contributed by atoms with Gasteiger partial charge in [0.25, 0.3) is 5.91 Å². The smallest absolute Gasteiger partial charge is 0.271 e. The number of carbonyl (C=O) groups is 1. The van der Waals surface area contributed by atoms with E-state index in [0.717, 1.165) is 11.3 Å². The summed E-state index contributed by atoms with van der Waals surface area (Å²) in [7, 11) is 0. The molecule has 0 saturated heterocycles. The van der Waals surface area contributed by atoms with Crippen LogP contribution < -0.4 is 5.43 Å². The molecule has 2 N–H and O–H groups in total. The summed E-state index contributed by atoms with van der Waals surface area (Å²) in [6.07, 6.45) is 1.50. The van der Waals surface area contributed by atoms with Crippen LogP contribution in [0.4, 0.5) is 0 Å². The van der Waals surface area contributed by atoms with Gasteiger partial charge in [-0.25, -0.2) is 10.1 Å². The second-order valence-corrected chi connectivity index (χ2v) is 4.99. The van der Waals surface area contributed by atoms with Gasteiger partial charge in [0, 0.05) is 5.56 Å². The number of hydrogen-bond acceptors (Lipinski definition) is 6. The van der Waals surface area contributed by atoms with E-state index in [0.29, 0.717) is 11.3 Å². The number of phenols is 1. The molecule has 0 aliphatic rings. The Morgan fingerprint density at radius 2 is 1.96 bits per heavy atom. The molecule has 1 heterocycles. The van der Waals surface area contributed by atoms with E-state index < -0.39 is 0 Å². The van der Waals surface area contributed by atoms with Gasteiger partial charge in [-0.2, -0.15) is 5.10 Å². The van der Waals surface area contributed by atoms with Crippen LogP contribution in [0, 0.1) is 0 Å². The minimum atomic E-state index is -0.356. The lowest BCUT2D eigenvalue weighted by atomic mass is 10.1. The number of tetrazole rings is 1. The predicted octanol–water partition coefficient (Wildman–Crippen LogP) is 1.52. The Kier molecular flexibility index (Phi) is 4.28. The molecule has 1 aromatic heterocycles. The highest BCUT2D eigenvalue weighted by Crippen LogP contribution is 2.11. The van der Waals surface area contributed by atoms with E-state index >= 15 is 0 Å². The van der Waals surface area contributed by atoms with Crippen molar-refractivity contribution in [1.82, 2.24) is 25.6 Å². The van der Waals surface area contributed by atoms with Crippen LogP contribution in [0.1, 0.15) is 22.8 Å². The molecule has 3 aromatic rings. The number of hydrogen-bond donors (Lipinski definition) is 2. The average Bonchev–Trinajstić information content (AvgIpc) is 3.15. The first-order chi connectivity index (χ1) is 11.6. The lowest BCUT2D eigenvalue weighted by Crippen LogP contribution is -2.19. The van der Waals surface area contributed by atoms with E-state index in [-0.39, 0.29) is 11.7 Å². The Bertz CT molecular complexity index is 872. The van der Waals surface area contributed by atoms with Gasteiger partial charge in [-0.3, -0.25) is 4.79 Å². The molecule has 0 aliphatic carbocycles. The molecule has 0 spiro atoms. The van der Waals surface area contributed by atoms with Crippen LogP contribution in [-0.4, -0.2) is 36.9 Å². The quantitative estimate of drug-likeness (QED) is 0.559. The summed E-state index contributed by atoms with van der Waals surface area (Å²) in [6.45, 7) is 1.79. The molecule has 2 aromatic carbocycles. The van der Waals surface area contributed by atoms with Crippen molar-refractivity contribution in [2.75, 3.05) is 0 Å². The molecule has 0 aliphatic heterocycles. The number of nitrogens with zero attached hydrogens (tertiary/aromatic N) is 5. The maximum absolute atomic E-state index is 12.0. The number of aromatic nitrogens is 4. The standard InChI is InChI=1S/C16H14N6O2/c1-11(18-19-16(24)12-5-7-15(23)8-6-12)13-3-2-4-14(9-13)22-10-17-20-21-22/h2-10,23H,1H3,(H,19,24)/b18-11+. The van der Waals surface area contributed by atoms with E-state index in [1.165, 1.54) is 35.3 Å². The largest absolute Gasteiger partial charge is 0.508 e. The third kappa shape index (κ3) is 3.43. The molecule has 24 heavy (non-hydrogen) atoms.